The number of hydrogen-bond acceptors (Lipinski definition) is 4. The van der Waals surface area contributed by atoms with Crippen LogP contribution >= 0.6 is 15.9 Å². The van der Waals surface area contributed by atoms with Crippen LogP contribution in [0.2, 0.25) is 0 Å². The Labute approximate surface area is 150 Å². The van der Waals surface area contributed by atoms with Crippen molar-refractivity contribution in [3.05, 3.63) is 28.7 Å². The van der Waals surface area contributed by atoms with Gasteiger partial charge in [-0.25, -0.2) is 0 Å². The highest BCUT2D eigenvalue weighted by Gasteiger charge is 2.28. The number of rotatable bonds is 4. The van der Waals surface area contributed by atoms with Crippen molar-refractivity contribution in [1.29, 1.82) is 0 Å². The van der Waals surface area contributed by atoms with Crippen molar-refractivity contribution in [2.75, 3.05) is 0 Å². The second-order valence-corrected chi connectivity index (χ2v) is 7.51. The van der Waals surface area contributed by atoms with Gasteiger partial charge in [0.15, 0.2) is 0 Å². The van der Waals surface area contributed by atoms with Gasteiger partial charge < -0.3 is 5.32 Å². The lowest BCUT2D eigenvalue weighted by atomic mass is 9.78. The van der Waals surface area contributed by atoms with Gasteiger partial charge in [-0.15, -0.1) is 10.2 Å². The highest BCUT2D eigenvalue weighted by molar-refractivity contribution is 9.10. The van der Waals surface area contributed by atoms with Crippen molar-refractivity contribution in [1.82, 2.24) is 25.5 Å². The molecule has 0 bridgehead atoms. The lowest BCUT2D eigenvalue weighted by Gasteiger charge is -2.34. The second kappa shape index (κ2) is 7.42. The molecule has 3 rings (SSSR count). The fourth-order valence-corrected chi connectivity index (χ4v) is 3.46. The fourth-order valence-electron chi connectivity index (χ4n) is 3.19. The number of benzene rings is 1. The Kier molecular flexibility index (Phi) is 5.28. The lowest BCUT2D eigenvalue weighted by molar-refractivity contribution is -0.123. The molecule has 1 aliphatic rings. The number of aromatic nitrogens is 4. The molecule has 1 heterocycles. The van der Waals surface area contributed by atoms with E-state index in [9.17, 15) is 4.79 Å². The molecule has 0 radical (unpaired) electrons. The molecule has 0 unspecified atom stereocenters. The van der Waals surface area contributed by atoms with Gasteiger partial charge in [0, 0.05) is 16.1 Å². The highest BCUT2D eigenvalue weighted by atomic mass is 79.9. The van der Waals surface area contributed by atoms with E-state index >= 15 is 0 Å². The van der Waals surface area contributed by atoms with Crippen LogP contribution in [0.4, 0.5) is 0 Å². The predicted molar refractivity (Wildman–Crippen MR) is 95.1 cm³/mol. The molecule has 6 nitrogen and oxygen atoms in total. The number of nitrogens with zero attached hydrogens (tertiary/aromatic N) is 4. The maximum Gasteiger partial charge on any atom is 0.243 e. The van der Waals surface area contributed by atoms with Crippen LogP contribution in [0.5, 0.6) is 0 Å². The number of carbonyl (C=O) groups excluding carboxylic acids is 1. The molecule has 0 saturated heterocycles. The summed E-state index contributed by atoms with van der Waals surface area (Å²) in [5, 5.41) is 15.4. The molecule has 7 heteroatoms. The van der Waals surface area contributed by atoms with Crippen molar-refractivity contribution in [2.45, 2.75) is 45.7 Å². The topological polar surface area (TPSA) is 72.7 Å². The van der Waals surface area contributed by atoms with Gasteiger partial charge in [-0.1, -0.05) is 42.6 Å². The number of amides is 1. The Hall–Kier alpha value is -1.76. The standard InChI is InChI=1S/C17H22BrN5O/c1-11-4-3-5-15(12(11)2)19-16(24)10-23-21-17(20-22-23)13-6-8-14(18)9-7-13/h6-9,11-12,15H,3-5,10H2,1-2H3,(H,19,24)/t11-,12+,15-/m0/s1. The van der Waals surface area contributed by atoms with Crippen molar-refractivity contribution in [3.63, 3.8) is 0 Å². The first-order valence-electron chi connectivity index (χ1n) is 8.36. The van der Waals surface area contributed by atoms with Crippen molar-refractivity contribution in [3.8, 4) is 11.4 Å². The molecule has 1 fully saturated rings. The number of halogens is 1. The van der Waals surface area contributed by atoms with Crippen LogP contribution in [0.3, 0.4) is 0 Å². The summed E-state index contributed by atoms with van der Waals surface area (Å²) in [7, 11) is 0. The van der Waals surface area contributed by atoms with E-state index < -0.39 is 0 Å². The fraction of sp³-hybridized carbons (Fsp3) is 0.529. The molecule has 24 heavy (non-hydrogen) atoms. The summed E-state index contributed by atoms with van der Waals surface area (Å²) >= 11 is 3.40. The minimum absolute atomic E-state index is 0.0549. The normalized spacial score (nSPS) is 23.9. The van der Waals surface area contributed by atoms with Crippen molar-refractivity contribution >= 4 is 21.8 Å². The van der Waals surface area contributed by atoms with Crippen molar-refractivity contribution < 1.29 is 4.79 Å². The van der Waals surface area contributed by atoms with E-state index in [1.54, 1.807) is 0 Å². The Morgan fingerprint density at radius 1 is 1.29 bits per heavy atom. The monoisotopic (exact) mass is 391 g/mol. The first-order valence-corrected chi connectivity index (χ1v) is 9.15. The Balaban J connectivity index is 1.60. The van der Waals surface area contributed by atoms with Crippen LogP contribution in [-0.2, 0) is 11.3 Å². The second-order valence-electron chi connectivity index (χ2n) is 6.59. The summed E-state index contributed by atoms with van der Waals surface area (Å²) in [6.45, 7) is 4.57. The molecule has 128 valence electrons. The number of nitrogens with one attached hydrogen (secondary N) is 1. The molecule has 1 aromatic carbocycles. The summed E-state index contributed by atoms with van der Waals surface area (Å²) in [5.74, 6) is 1.62. The molecule has 2 aromatic rings. The number of hydrogen-bond donors (Lipinski definition) is 1. The van der Waals surface area contributed by atoms with E-state index in [2.05, 4.69) is 50.5 Å². The molecule has 0 spiro atoms. The zero-order chi connectivity index (χ0) is 17.1. The smallest absolute Gasteiger partial charge is 0.243 e. The molecule has 1 aromatic heterocycles. The molecular weight excluding hydrogens is 370 g/mol. The molecular formula is C17H22BrN5O. The van der Waals surface area contributed by atoms with E-state index in [0.717, 1.165) is 16.5 Å². The quantitative estimate of drug-likeness (QED) is 0.868. The van der Waals surface area contributed by atoms with Crippen LogP contribution in [0.15, 0.2) is 28.7 Å². The van der Waals surface area contributed by atoms with Gasteiger partial charge in [-0.3, -0.25) is 4.79 Å². The van der Waals surface area contributed by atoms with Crippen LogP contribution in [0.25, 0.3) is 11.4 Å². The highest BCUT2D eigenvalue weighted by Crippen LogP contribution is 2.29. The average molecular weight is 392 g/mol. The maximum absolute atomic E-state index is 12.3. The Bertz CT molecular complexity index is 699. The van der Waals surface area contributed by atoms with Crippen LogP contribution in [0, 0.1) is 11.8 Å². The van der Waals surface area contributed by atoms with Gasteiger partial charge in [0.1, 0.15) is 6.54 Å². The molecule has 1 amide bonds. The van der Waals surface area contributed by atoms with E-state index in [-0.39, 0.29) is 18.5 Å². The van der Waals surface area contributed by atoms with E-state index in [1.165, 1.54) is 17.6 Å². The molecule has 3 atom stereocenters. The summed E-state index contributed by atoms with van der Waals surface area (Å²) < 4.78 is 0.994. The zero-order valence-electron chi connectivity index (χ0n) is 13.9. The molecule has 1 saturated carbocycles. The Morgan fingerprint density at radius 3 is 2.79 bits per heavy atom. The summed E-state index contributed by atoms with van der Waals surface area (Å²) in [6, 6.07) is 7.92. The maximum atomic E-state index is 12.3. The largest absolute Gasteiger partial charge is 0.351 e. The number of carbonyl (C=O) groups is 1. The predicted octanol–water partition coefficient (Wildman–Crippen LogP) is 3.04. The summed E-state index contributed by atoms with van der Waals surface area (Å²) in [4.78, 5) is 13.6. The van der Waals surface area contributed by atoms with Crippen LogP contribution in [-0.4, -0.2) is 32.2 Å². The van der Waals surface area contributed by atoms with Gasteiger partial charge in [0.05, 0.1) is 0 Å². The summed E-state index contributed by atoms with van der Waals surface area (Å²) in [5.41, 5.74) is 0.875. The van der Waals surface area contributed by atoms with Gasteiger partial charge >= 0.3 is 0 Å². The van der Waals surface area contributed by atoms with Crippen molar-refractivity contribution in [2.24, 2.45) is 11.8 Å². The van der Waals surface area contributed by atoms with E-state index in [4.69, 9.17) is 0 Å². The van der Waals surface area contributed by atoms with Gasteiger partial charge in [-0.2, -0.15) is 4.80 Å². The third-order valence-electron chi connectivity index (χ3n) is 4.89. The molecule has 0 aliphatic heterocycles. The molecule has 1 aliphatic carbocycles. The minimum Gasteiger partial charge on any atom is -0.351 e. The van der Waals surface area contributed by atoms with Gasteiger partial charge in [0.2, 0.25) is 11.7 Å². The first kappa shape index (κ1) is 17.1. The van der Waals surface area contributed by atoms with Gasteiger partial charge in [-0.05, 0) is 47.7 Å². The molecule has 1 N–H and O–H groups in total. The van der Waals surface area contributed by atoms with Crippen LogP contribution in [0.1, 0.15) is 33.1 Å². The lowest BCUT2D eigenvalue weighted by Crippen LogP contribution is -2.45. The van der Waals surface area contributed by atoms with Crippen LogP contribution < -0.4 is 5.32 Å². The van der Waals surface area contributed by atoms with E-state index in [1.807, 2.05) is 24.3 Å². The SMILES string of the molecule is C[C@H]1[C@@H](NC(=O)Cn2nnc(-c3ccc(Br)cc3)n2)CCC[C@@H]1C. The summed E-state index contributed by atoms with van der Waals surface area (Å²) in [6.07, 6.45) is 3.46. The minimum atomic E-state index is -0.0549. The number of tetrazole rings is 1. The zero-order valence-corrected chi connectivity index (χ0v) is 15.5. The van der Waals surface area contributed by atoms with Gasteiger partial charge in [0.25, 0.3) is 0 Å². The third-order valence-corrected chi connectivity index (χ3v) is 5.42. The van der Waals surface area contributed by atoms with E-state index in [0.29, 0.717) is 17.7 Å². The Morgan fingerprint density at radius 2 is 2.04 bits per heavy atom. The first-order chi connectivity index (χ1) is 11.5. The third kappa shape index (κ3) is 4.01. The average Bonchev–Trinajstić information content (AvgIpc) is 3.01.